The fourth-order valence-corrected chi connectivity index (χ4v) is 4.57. The highest BCUT2D eigenvalue weighted by atomic mass is 79.9. The van der Waals surface area contributed by atoms with Gasteiger partial charge in [0.05, 0.1) is 5.75 Å². The summed E-state index contributed by atoms with van der Waals surface area (Å²) in [5.41, 5.74) is 3.99. The molecule has 24 heavy (non-hydrogen) atoms. The second kappa shape index (κ2) is 6.14. The standard InChI is InChI=1S/C12H14BrF4N5OS/c1-11(9-7(14)3-4-8(13)20-9)6-24(23,19-5-12(15,16)17)22(2)10(18)21-11/h3-4H,5-6H2,1-2H3,(H2,18,21). The Labute approximate surface area is 144 Å². The summed E-state index contributed by atoms with van der Waals surface area (Å²) in [6.07, 6.45) is -4.62. The maximum absolute atomic E-state index is 14.1. The van der Waals surface area contributed by atoms with Gasteiger partial charge in [-0.15, -0.1) is 0 Å². The molecule has 0 saturated carbocycles. The predicted octanol–water partition coefficient (Wildman–Crippen LogP) is 2.40. The van der Waals surface area contributed by atoms with Gasteiger partial charge in [-0.2, -0.15) is 13.2 Å². The van der Waals surface area contributed by atoms with Crippen molar-refractivity contribution in [3.05, 3.63) is 28.2 Å². The molecule has 0 spiro atoms. The quantitative estimate of drug-likeness (QED) is 0.576. The van der Waals surface area contributed by atoms with Crippen LogP contribution in [-0.2, 0) is 15.5 Å². The lowest BCUT2D eigenvalue weighted by Crippen LogP contribution is -2.51. The molecule has 134 valence electrons. The van der Waals surface area contributed by atoms with Gasteiger partial charge in [-0.05, 0) is 35.0 Å². The third-order valence-electron chi connectivity index (χ3n) is 3.35. The van der Waals surface area contributed by atoms with Crippen LogP contribution in [0.25, 0.3) is 0 Å². The number of halogens is 5. The zero-order valence-electron chi connectivity index (χ0n) is 12.6. The van der Waals surface area contributed by atoms with E-state index in [-0.39, 0.29) is 11.7 Å². The first-order valence-electron chi connectivity index (χ1n) is 6.55. The Balaban J connectivity index is 2.58. The number of guanidine groups is 1. The van der Waals surface area contributed by atoms with Gasteiger partial charge in [-0.3, -0.25) is 4.31 Å². The molecule has 0 bridgehead atoms. The molecule has 2 heterocycles. The van der Waals surface area contributed by atoms with Crippen LogP contribution in [0.2, 0.25) is 0 Å². The van der Waals surface area contributed by atoms with E-state index >= 15 is 0 Å². The van der Waals surface area contributed by atoms with Crippen molar-refractivity contribution < 1.29 is 21.8 Å². The van der Waals surface area contributed by atoms with Gasteiger partial charge in [-0.25, -0.2) is 22.9 Å². The minimum Gasteiger partial charge on any atom is -0.369 e. The normalized spacial score (nSPS) is 27.8. The Morgan fingerprint density at radius 2 is 2.12 bits per heavy atom. The summed E-state index contributed by atoms with van der Waals surface area (Å²) >= 11 is 3.09. The van der Waals surface area contributed by atoms with E-state index in [9.17, 15) is 21.8 Å². The average molecular weight is 432 g/mol. The fourth-order valence-electron chi connectivity index (χ4n) is 2.19. The van der Waals surface area contributed by atoms with E-state index < -0.39 is 39.7 Å². The van der Waals surface area contributed by atoms with Crippen molar-refractivity contribution in [1.82, 2.24) is 9.29 Å². The van der Waals surface area contributed by atoms with Crippen molar-refractivity contribution >= 4 is 31.8 Å². The second-order valence-corrected chi connectivity index (χ2v) is 8.48. The van der Waals surface area contributed by atoms with Gasteiger partial charge in [0.2, 0.25) is 5.96 Å². The minimum absolute atomic E-state index is 0.178. The van der Waals surface area contributed by atoms with E-state index in [0.29, 0.717) is 4.60 Å². The van der Waals surface area contributed by atoms with Gasteiger partial charge in [0.25, 0.3) is 0 Å². The highest BCUT2D eigenvalue weighted by Crippen LogP contribution is 2.34. The van der Waals surface area contributed by atoms with E-state index in [4.69, 9.17) is 5.73 Å². The SMILES string of the molecule is CN1C(N)=NC(C)(c2nc(Br)ccc2F)CS1(=O)=NCC(F)(F)F. The molecule has 1 aromatic heterocycles. The molecule has 6 nitrogen and oxygen atoms in total. The maximum Gasteiger partial charge on any atom is 0.408 e. The molecular weight excluding hydrogens is 418 g/mol. The number of hydrogen-bond acceptors (Lipinski definition) is 5. The first-order valence-corrected chi connectivity index (χ1v) is 8.99. The zero-order valence-corrected chi connectivity index (χ0v) is 15.0. The van der Waals surface area contributed by atoms with E-state index in [1.807, 2.05) is 0 Å². The number of hydrogen-bond donors (Lipinski definition) is 1. The zero-order chi connectivity index (χ0) is 18.3. The lowest BCUT2D eigenvalue weighted by Gasteiger charge is -2.36. The van der Waals surface area contributed by atoms with E-state index in [1.165, 1.54) is 20.0 Å². The number of alkyl halides is 3. The van der Waals surface area contributed by atoms with Crippen molar-refractivity contribution in [3.63, 3.8) is 0 Å². The molecule has 2 N–H and O–H groups in total. The van der Waals surface area contributed by atoms with Crippen LogP contribution in [0.15, 0.2) is 26.1 Å². The summed E-state index contributed by atoms with van der Waals surface area (Å²) in [5.74, 6) is -1.52. The summed E-state index contributed by atoms with van der Waals surface area (Å²) in [6.45, 7) is -0.207. The number of rotatable bonds is 2. The lowest BCUT2D eigenvalue weighted by atomic mass is 10.00. The topological polar surface area (TPSA) is 83.9 Å². The smallest absolute Gasteiger partial charge is 0.369 e. The number of pyridine rings is 1. The molecule has 2 unspecified atom stereocenters. The molecular formula is C12H14BrF4N5OS. The predicted molar refractivity (Wildman–Crippen MR) is 85.0 cm³/mol. The molecule has 0 amide bonds. The molecule has 0 aliphatic carbocycles. The molecule has 1 aliphatic heterocycles. The molecule has 1 aromatic rings. The Kier molecular flexibility index (Phi) is 4.83. The number of nitrogens with two attached hydrogens (primary N) is 1. The number of aliphatic imine (C=N–C) groups is 1. The van der Waals surface area contributed by atoms with Crippen molar-refractivity contribution in [3.8, 4) is 0 Å². The van der Waals surface area contributed by atoms with Gasteiger partial charge in [0.15, 0.2) is 0 Å². The Bertz CT molecular complexity index is 805. The van der Waals surface area contributed by atoms with Crippen LogP contribution in [0, 0.1) is 5.82 Å². The van der Waals surface area contributed by atoms with Crippen LogP contribution in [0.1, 0.15) is 12.6 Å². The molecule has 0 aromatic carbocycles. The van der Waals surface area contributed by atoms with Gasteiger partial charge < -0.3 is 5.73 Å². The average Bonchev–Trinajstić information content (AvgIpc) is 2.45. The third kappa shape index (κ3) is 3.79. The molecule has 0 radical (unpaired) electrons. The van der Waals surface area contributed by atoms with Gasteiger partial charge in [0.1, 0.15) is 38.1 Å². The van der Waals surface area contributed by atoms with Crippen LogP contribution < -0.4 is 5.73 Å². The van der Waals surface area contributed by atoms with E-state index in [1.54, 1.807) is 0 Å². The van der Waals surface area contributed by atoms with E-state index in [0.717, 1.165) is 10.4 Å². The highest BCUT2D eigenvalue weighted by molar-refractivity contribution is 9.10. The maximum atomic E-state index is 14.1. The first kappa shape index (κ1) is 18.9. The van der Waals surface area contributed by atoms with Gasteiger partial charge in [0, 0.05) is 7.05 Å². The van der Waals surface area contributed by atoms with Crippen LogP contribution in [0.3, 0.4) is 0 Å². The van der Waals surface area contributed by atoms with Crippen molar-refractivity contribution in [1.29, 1.82) is 0 Å². The molecule has 12 heteroatoms. The summed E-state index contributed by atoms with van der Waals surface area (Å²) in [6, 6.07) is 2.48. The molecule has 1 aliphatic rings. The Hall–Kier alpha value is -1.43. The van der Waals surface area contributed by atoms with Crippen LogP contribution >= 0.6 is 15.9 Å². The lowest BCUT2D eigenvalue weighted by molar-refractivity contribution is -0.117. The first-order chi connectivity index (χ1) is 10.9. The van der Waals surface area contributed by atoms with Crippen LogP contribution in [0.4, 0.5) is 17.6 Å². The van der Waals surface area contributed by atoms with Crippen molar-refractivity contribution in [2.45, 2.75) is 18.6 Å². The van der Waals surface area contributed by atoms with Crippen molar-refractivity contribution in [2.24, 2.45) is 15.1 Å². The van der Waals surface area contributed by atoms with Crippen LogP contribution in [0.5, 0.6) is 0 Å². The van der Waals surface area contributed by atoms with E-state index in [2.05, 4.69) is 30.3 Å². The largest absolute Gasteiger partial charge is 0.408 e. The molecule has 0 fully saturated rings. The van der Waals surface area contributed by atoms with Gasteiger partial charge in [-0.1, -0.05) is 0 Å². The molecule has 2 atom stereocenters. The highest BCUT2D eigenvalue weighted by Gasteiger charge is 2.42. The molecule has 0 saturated heterocycles. The third-order valence-corrected chi connectivity index (χ3v) is 6.30. The monoisotopic (exact) mass is 431 g/mol. The Morgan fingerprint density at radius 1 is 1.50 bits per heavy atom. The van der Waals surface area contributed by atoms with Gasteiger partial charge >= 0.3 is 6.18 Å². The number of nitrogens with zero attached hydrogens (tertiary/aromatic N) is 4. The summed E-state index contributed by atoms with van der Waals surface area (Å²) < 4.78 is 68.9. The molecule has 2 rings (SSSR count). The van der Waals surface area contributed by atoms with Crippen LogP contribution in [-0.4, -0.2) is 45.0 Å². The summed E-state index contributed by atoms with van der Waals surface area (Å²) in [5, 5.41) is 0. The summed E-state index contributed by atoms with van der Waals surface area (Å²) in [4.78, 5) is 8.06. The van der Waals surface area contributed by atoms with Crippen molar-refractivity contribution in [2.75, 3.05) is 19.3 Å². The minimum atomic E-state index is -4.62. The Morgan fingerprint density at radius 3 is 2.71 bits per heavy atom. The fraction of sp³-hybridized carbons (Fsp3) is 0.500. The summed E-state index contributed by atoms with van der Waals surface area (Å²) in [7, 11) is -2.35. The number of aromatic nitrogens is 1. The second-order valence-electron chi connectivity index (χ2n) is 5.36.